The van der Waals surface area contributed by atoms with Gasteiger partial charge in [-0.25, -0.2) is 0 Å². The normalized spacial score (nSPS) is 11.5. The van der Waals surface area contributed by atoms with Gasteiger partial charge in [0.25, 0.3) is 10.1 Å². The molecule has 2 aromatic rings. The molecule has 2 rings (SSSR count). The Bertz CT molecular complexity index is 928. The van der Waals surface area contributed by atoms with Crippen LogP contribution in [0.5, 0.6) is 11.5 Å². The first kappa shape index (κ1) is 30.2. The van der Waals surface area contributed by atoms with Gasteiger partial charge in [0.1, 0.15) is 11.5 Å². The van der Waals surface area contributed by atoms with E-state index in [1.165, 1.54) is 38.5 Å². The van der Waals surface area contributed by atoms with Crippen molar-refractivity contribution in [1.82, 2.24) is 0 Å². The van der Waals surface area contributed by atoms with Crippen molar-refractivity contribution in [3.8, 4) is 22.6 Å². The zero-order valence-electron chi connectivity index (χ0n) is 22.1. The van der Waals surface area contributed by atoms with Gasteiger partial charge in [-0.2, -0.15) is 8.42 Å². The van der Waals surface area contributed by atoms with Crippen molar-refractivity contribution in [2.24, 2.45) is 0 Å². The highest BCUT2D eigenvalue weighted by molar-refractivity contribution is 7.85. The lowest BCUT2D eigenvalue weighted by atomic mass is 10.0. The van der Waals surface area contributed by atoms with E-state index in [2.05, 4.69) is 19.1 Å². The third-order valence-electron chi connectivity index (χ3n) is 6.36. The molecule has 0 saturated carbocycles. The lowest BCUT2D eigenvalue weighted by Crippen LogP contribution is -2.03. The topological polar surface area (TPSA) is 72.8 Å². The molecule has 2 aromatic carbocycles. The van der Waals surface area contributed by atoms with Crippen LogP contribution in [0.3, 0.4) is 0 Å². The van der Waals surface area contributed by atoms with E-state index in [1.54, 1.807) is 0 Å². The molecule has 1 N–H and O–H groups in total. The molecule has 0 aliphatic heterocycles. The summed E-state index contributed by atoms with van der Waals surface area (Å²) in [6, 6.07) is 16.4. The maximum Gasteiger partial charge on any atom is 0.264 e. The smallest absolute Gasteiger partial charge is 0.264 e. The standard InChI is InChI=1S/C30H46O5S/c1-2-3-4-5-7-10-16-24-34-28-22-19-23-29(30(28)27-20-14-13-15-21-27)35-25-17-11-8-6-9-12-18-26-36(31,32)33/h13-15,19-23H,2-12,16-18,24-26H2,1H3,(H,31,32,33). The maximum absolute atomic E-state index is 10.7. The molecule has 36 heavy (non-hydrogen) atoms. The summed E-state index contributed by atoms with van der Waals surface area (Å²) in [7, 11) is -3.82. The SMILES string of the molecule is CCCCCCCCCOc1cccc(OCCCCCCCCCS(=O)(=O)O)c1-c1ccccc1. The fraction of sp³-hybridized carbons (Fsp3) is 0.600. The van der Waals surface area contributed by atoms with Gasteiger partial charge in [0, 0.05) is 0 Å². The Hall–Kier alpha value is -2.05. The van der Waals surface area contributed by atoms with Gasteiger partial charge in [-0.15, -0.1) is 0 Å². The van der Waals surface area contributed by atoms with Gasteiger partial charge in [0.15, 0.2) is 0 Å². The summed E-state index contributed by atoms with van der Waals surface area (Å²) in [6.07, 6.45) is 15.4. The van der Waals surface area contributed by atoms with Crippen LogP contribution < -0.4 is 9.47 Å². The van der Waals surface area contributed by atoms with Crippen molar-refractivity contribution in [3.05, 3.63) is 48.5 Å². The zero-order chi connectivity index (χ0) is 25.9. The molecule has 0 aliphatic rings. The van der Waals surface area contributed by atoms with Crippen molar-refractivity contribution >= 4 is 10.1 Å². The Labute approximate surface area is 219 Å². The molecule has 6 heteroatoms. The van der Waals surface area contributed by atoms with Crippen molar-refractivity contribution in [2.75, 3.05) is 19.0 Å². The minimum absolute atomic E-state index is 0.133. The quantitative estimate of drug-likeness (QED) is 0.132. The summed E-state index contributed by atoms with van der Waals surface area (Å²) in [5, 5.41) is 0. The zero-order valence-corrected chi connectivity index (χ0v) is 22.9. The Balaban J connectivity index is 1.77. The van der Waals surface area contributed by atoms with E-state index in [0.29, 0.717) is 13.0 Å². The average Bonchev–Trinajstić information content (AvgIpc) is 2.86. The number of rotatable bonds is 21. The van der Waals surface area contributed by atoms with Crippen LogP contribution in [0.15, 0.2) is 48.5 Å². The van der Waals surface area contributed by atoms with Crippen molar-refractivity contribution in [1.29, 1.82) is 0 Å². The second-order valence-corrected chi connectivity index (χ2v) is 11.1. The molecule has 0 bridgehead atoms. The fourth-order valence-electron chi connectivity index (χ4n) is 4.33. The summed E-state index contributed by atoms with van der Waals surface area (Å²) in [5.74, 6) is 1.62. The highest BCUT2D eigenvalue weighted by Crippen LogP contribution is 2.38. The van der Waals surface area contributed by atoms with Crippen LogP contribution >= 0.6 is 0 Å². The minimum Gasteiger partial charge on any atom is -0.493 e. The van der Waals surface area contributed by atoms with E-state index in [1.807, 2.05) is 36.4 Å². The molecule has 0 aromatic heterocycles. The summed E-state index contributed by atoms with van der Waals surface area (Å²) in [5.41, 5.74) is 2.13. The third kappa shape index (κ3) is 13.3. The molecule has 0 spiro atoms. The van der Waals surface area contributed by atoms with E-state index in [-0.39, 0.29) is 5.75 Å². The third-order valence-corrected chi connectivity index (χ3v) is 7.16. The van der Waals surface area contributed by atoms with Crippen LogP contribution in [-0.4, -0.2) is 31.9 Å². The molecule has 0 heterocycles. The molecule has 0 atom stereocenters. The fourth-order valence-corrected chi connectivity index (χ4v) is 4.90. The molecule has 202 valence electrons. The molecular formula is C30H46O5S. The number of hydrogen-bond donors (Lipinski definition) is 1. The van der Waals surface area contributed by atoms with E-state index < -0.39 is 10.1 Å². The lowest BCUT2D eigenvalue weighted by Gasteiger charge is -2.17. The first-order valence-electron chi connectivity index (χ1n) is 13.9. The summed E-state index contributed by atoms with van der Waals surface area (Å²) < 4.78 is 42.7. The lowest BCUT2D eigenvalue weighted by molar-refractivity contribution is 0.292. The van der Waals surface area contributed by atoms with Crippen LogP contribution in [0.25, 0.3) is 11.1 Å². The molecule has 0 unspecified atom stereocenters. The summed E-state index contributed by atoms with van der Waals surface area (Å²) in [6.45, 7) is 3.63. The van der Waals surface area contributed by atoms with Crippen LogP contribution in [0.2, 0.25) is 0 Å². The Kier molecular flexibility index (Phi) is 15.3. The summed E-state index contributed by atoms with van der Waals surface area (Å²) >= 11 is 0. The van der Waals surface area contributed by atoms with Gasteiger partial charge in [-0.3, -0.25) is 4.55 Å². The molecule has 0 amide bonds. The van der Waals surface area contributed by atoms with E-state index in [4.69, 9.17) is 14.0 Å². The van der Waals surface area contributed by atoms with Gasteiger partial charge >= 0.3 is 0 Å². The molecule has 0 saturated heterocycles. The predicted octanol–water partition coefficient (Wildman–Crippen LogP) is 8.48. The Morgan fingerprint density at radius 3 is 1.58 bits per heavy atom. The van der Waals surface area contributed by atoms with E-state index in [0.717, 1.165) is 74.2 Å². The van der Waals surface area contributed by atoms with Crippen LogP contribution in [0.1, 0.15) is 96.8 Å². The number of benzene rings is 2. The number of ether oxygens (including phenoxy) is 2. The second-order valence-electron chi connectivity index (χ2n) is 9.57. The monoisotopic (exact) mass is 518 g/mol. The van der Waals surface area contributed by atoms with Crippen LogP contribution in [0.4, 0.5) is 0 Å². The minimum atomic E-state index is -3.82. The van der Waals surface area contributed by atoms with Gasteiger partial charge in [-0.1, -0.05) is 114 Å². The largest absolute Gasteiger partial charge is 0.493 e. The van der Waals surface area contributed by atoms with E-state index in [9.17, 15) is 8.42 Å². The van der Waals surface area contributed by atoms with Gasteiger partial charge < -0.3 is 9.47 Å². The number of hydrogen-bond acceptors (Lipinski definition) is 4. The maximum atomic E-state index is 10.7. The van der Waals surface area contributed by atoms with E-state index >= 15 is 0 Å². The first-order chi connectivity index (χ1) is 17.5. The second kappa shape index (κ2) is 18.2. The first-order valence-corrected chi connectivity index (χ1v) is 15.5. The van der Waals surface area contributed by atoms with Crippen molar-refractivity contribution in [3.63, 3.8) is 0 Å². The molecule has 0 radical (unpaired) electrons. The predicted molar refractivity (Wildman–Crippen MR) is 150 cm³/mol. The number of unbranched alkanes of at least 4 members (excludes halogenated alkanes) is 12. The van der Waals surface area contributed by atoms with Gasteiger partial charge in [-0.05, 0) is 37.0 Å². The highest BCUT2D eigenvalue weighted by Gasteiger charge is 2.13. The van der Waals surface area contributed by atoms with Crippen LogP contribution in [-0.2, 0) is 10.1 Å². The summed E-state index contributed by atoms with van der Waals surface area (Å²) in [4.78, 5) is 0. The van der Waals surface area contributed by atoms with Gasteiger partial charge in [0.05, 0.1) is 24.5 Å². The average molecular weight is 519 g/mol. The molecule has 0 aliphatic carbocycles. The molecule has 5 nitrogen and oxygen atoms in total. The Morgan fingerprint density at radius 1 is 0.611 bits per heavy atom. The highest BCUT2D eigenvalue weighted by atomic mass is 32.2. The molecule has 0 fully saturated rings. The van der Waals surface area contributed by atoms with Crippen molar-refractivity contribution in [2.45, 2.75) is 96.8 Å². The van der Waals surface area contributed by atoms with Crippen molar-refractivity contribution < 1.29 is 22.4 Å². The van der Waals surface area contributed by atoms with Gasteiger partial charge in [0.2, 0.25) is 0 Å². The molecular weight excluding hydrogens is 472 g/mol. The Morgan fingerprint density at radius 2 is 1.08 bits per heavy atom. The van der Waals surface area contributed by atoms with Crippen LogP contribution in [0, 0.1) is 0 Å².